The lowest BCUT2D eigenvalue weighted by Gasteiger charge is -2.11. The molecular formula is C22H18N4O. The zero-order valence-electron chi connectivity index (χ0n) is 14.8. The van der Waals surface area contributed by atoms with Crippen molar-refractivity contribution in [3.05, 3.63) is 83.9 Å². The molecule has 1 amide bonds. The fourth-order valence-electron chi connectivity index (χ4n) is 3.10. The summed E-state index contributed by atoms with van der Waals surface area (Å²) in [6, 6.07) is 23.3. The summed E-state index contributed by atoms with van der Waals surface area (Å²) >= 11 is 0. The maximum absolute atomic E-state index is 11.4. The molecule has 0 aliphatic carbocycles. The molecule has 0 atom stereocenters. The Balaban J connectivity index is 1.79. The molecule has 27 heavy (non-hydrogen) atoms. The van der Waals surface area contributed by atoms with Gasteiger partial charge in [0.05, 0.1) is 11.2 Å². The van der Waals surface area contributed by atoms with Crippen LogP contribution in [0.1, 0.15) is 15.9 Å². The van der Waals surface area contributed by atoms with Crippen molar-refractivity contribution in [3.8, 4) is 11.3 Å². The van der Waals surface area contributed by atoms with Crippen molar-refractivity contribution in [1.29, 1.82) is 0 Å². The highest BCUT2D eigenvalue weighted by atomic mass is 16.1. The molecule has 1 heterocycles. The summed E-state index contributed by atoms with van der Waals surface area (Å²) in [7, 11) is 0. The molecule has 5 heteroatoms. The van der Waals surface area contributed by atoms with Gasteiger partial charge in [0.2, 0.25) is 11.9 Å². The molecule has 0 radical (unpaired) electrons. The molecule has 0 aliphatic heterocycles. The van der Waals surface area contributed by atoms with Crippen LogP contribution in [0.5, 0.6) is 0 Å². The quantitative estimate of drug-likeness (QED) is 0.567. The van der Waals surface area contributed by atoms with Gasteiger partial charge in [-0.1, -0.05) is 48.5 Å². The van der Waals surface area contributed by atoms with Gasteiger partial charge in [0, 0.05) is 22.2 Å². The van der Waals surface area contributed by atoms with Gasteiger partial charge >= 0.3 is 0 Å². The number of aromatic nitrogens is 2. The minimum absolute atomic E-state index is 0.438. The molecule has 0 spiro atoms. The van der Waals surface area contributed by atoms with E-state index >= 15 is 0 Å². The van der Waals surface area contributed by atoms with Crippen LogP contribution in [-0.2, 0) is 0 Å². The molecule has 0 saturated carbocycles. The number of nitrogens with zero attached hydrogens (tertiary/aromatic N) is 2. The SMILES string of the molecule is Cc1cc(Nc2nc(-c3ccccc3)c3ccccc3n2)ccc1C(N)=O. The van der Waals surface area contributed by atoms with Gasteiger partial charge in [0.1, 0.15) is 0 Å². The Morgan fingerprint density at radius 2 is 1.67 bits per heavy atom. The second-order valence-corrected chi connectivity index (χ2v) is 6.30. The van der Waals surface area contributed by atoms with Gasteiger partial charge in [0.25, 0.3) is 0 Å². The first kappa shape index (κ1) is 16.7. The Morgan fingerprint density at radius 3 is 2.41 bits per heavy atom. The molecule has 1 aromatic heterocycles. The zero-order valence-corrected chi connectivity index (χ0v) is 14.8. The van der Waals surface area contributed by atoms with E-state index in [1.165, 1.54) is 0 Å². The number of primary amides is 1. The lowest BCUT2D eigenvalue weighted by Crippen LogP contribution is -2.12. The number of anilines is 2. The van der Waals surface area contributed by atoms with Gasteiger partial charge in [-0.3, -0.25) is 4.79 Å². The van der Waals surface area contributed by atoms with Crippen molar-refractivity contribution in [2.75, 3.05) is 5.32 Å². The fraction of sp³-hybridized carbons (Fsp3) is 0.0455. The van der Waals surface area contributed by atoms with Crippen LogP contribution in [0.4, 0.5) is 11.6 Å². The standard InChI is InChI=1S/C22H18N4O/c1-14-13-16(11-12-17(14)21(23)27)24-22-25-19-10-6-5-9-18(19)20(26-22)15-7-3-2-4-8-15/h2-13H,1H3,(H2,23,27)(H,24,25,26). The molecule has 0 fully saturated rings. The van der Waals surface area contributed by atoms with E-state index in [9.17, 15) is 4.79 Å². The van der Waals surface area contributed by atoms with Crippen LogP contribution in [0.2, 0.25) is 0 Å². The van der Waals surface area contributed by atoms with Crippen LogP contribution >= 0.6 is 0 Å². The van der Waals surface area contributed by atoms with Crippen molar-refractivity contribution in [2.45, 2.75) is 6.92 Å². The van der Waals surface area contributed by atoms with Crippen LogP contribution in [0.15, 0.2) is 72.8 Å². The van der Waals surface area contributed by atoms with Crippen LogP contribution in [-0.4, -0.2) is 15.9 Å². The number of nitrogens with two attached hydrogens (primary N) is 1. The minimum atomic E-state index is -0.438. The smallest absolute Gasteiger partial charge is 0.248 e. The number of rotatable bonds is 4. The Morgan fingerprint density at radius 1 is 0.926 bits per heavy atom. The van der Waals surface area contributed by atoms with E-state index in [0.29, 0.717) is 11.5 Å². The molecule has 4 aromatic rings. The first-order valence-corrected chi connectivity index (χ1v) is 8.61. The normalized spacial score (nSPS) is 10.7. The van der Waals surface area contributed by atoms with Gasteiger partial charge in [-0.15, -0.1) is 0 Å². The summed E-state index contributed by atoms with van der Waals surface area (Å²) in [4.78, 5) is 20.8. The fourth-order valence-corrected chi connectivity index (χ4v) is 3.10. The summed E-state index contributed by atoms with van der Waals surface area (Å²) in [5.41, 5.74) is 10.2. The third-order valence-electron chi connectivity index (χ3n) is 4.40. The van der Waals surface area contributed by atoms with E-state index in [0.717, 1.165) is 33.4 Å². The first-order valence-electron chi connectivity index (χ1n) is 8.61. The Kier molecular flexibility index (Phi) is 4.26. The predicted molar refractivity (Wildman–Crippen MR) is 108 cm³/mol. The molecule has 3 aromatic carbocycles. The largest absolute Gasteiger partial charge is 0.366 e. The molecule has 0 saturated heterocycles. The van der Waals surface area contributed by atoms with E-state index < -0.39 is 5.91 Å². The van der Waals surface area contributed by atoms with Gasteiger partial charge in [-0.2, -0.15) is 0 Å². The number of para-hydroxylation sites is 1. The second kappa shape index (κ2) is 6.88. The predicted octanol–water partition coefficient (Wildman–Crippen LogP) is 4.45. The summed E-state index contributed by atoms with van der Waals surface area (Å²) in [5, 5.41) is 4.23. The molecule has 0 aliphatic rings. The highest BCUT2D eigenvalue weighted by Gasteiger charge is 2.11. The molecule has 0 bridgehead atoms. The Bertz CT molecular complexity index is 1140. The number of aryl methyl sites for hydroxylation is 1. The summed E-state index contributed by atoms with van der Waals surface area (Å²) in [5.74, 6) is 0.0612. The van der Waals surface area contributed by atoms with Crippen LogP contribution in [0.3, 0.4) is 0 Å². The van der Waals surface area contributed by atoms with Gasteiger partial charge < -0.3 is 11.1 Å². The molecule has 0 unspecified atom stereocenters. The summed E-state index contributed by atoms with van der Waals surface area (Å²) in [6.45, 7) is 1.85. The summed E-state index contributed by atoms with van der Waals surface area (Å²) < 4.78 is 0. The van der Waals surface area contributed by atoms with Crippen molar-refractivity contribution >= 4 is 28.4 Å². The van der Waals surface area contributed by atoms with Crippen molar-refractivity contribution in [2.24, 2.45) is 5.73 Å². The van der Waals surface area contributed by atoms with Gasteiger partial charge in [-0.05, 0) is 36.8 Å². The Hall–Kier alpha value is -3.73. The van der Waals surface area contributed by atoms with Gasteiger partial charge in [0.15, 0.2) is 0 Å². The van der Waals surface area contributed by atoms with Crippen LogP contribution < -0.4 is 11.1 Å². The average molecular weight is 354 g/mol. The van der Waals surface area contributed by atoms with Crippen molar-refractivity contribution in [1.82, 2.24) is 9.97 Å². The summed E-state index contributed by atoms with van der Waals surface area (Å²) in [6.07, 6.45) is 0. The van der Waals surface area contributed by atoms with Crippen LogP contribution in [0.25, 0.3) is 22.2 Å². The van der Waals surface area contributed by atoms with E-state index in [2.05, 4.69) is 10.3 Å². The maximum Gasteiger partial charge on any atom is 0.248 e. The van der Waals surface area contributed by atoms with E-state index in [1.807, 2.05) is 67.6 Å². The van der Waals surface area contributed by atoms with Crippen LogP contribution in [0, 0.1) is 6.92 Å². The molecule has 132 valence electrons. The molecular weight excluding hydrogens is 336 g/mol. The number of carbonyl (C=O) groups excluding carboxylic acids is 1. The number of nitrogens with one attached hydrogen (secondary N) is 1. The number of benzene rings is 3. The highest BCUT2D eigenvalue weighted by Crippen LogP contribution is 2.28. The third kappa shape index (κ3) is 3.35. The lowest BCUT2D eigenvalue weighted by atomic mass is 10.1. The number of hydrogen-bond donors (Lipinski definition) is 2. The topological polar surface area (TPSA) is 80.9 Å². The minimum Gasteiger partial charge on any atom is -0.366 e. The second-order valence-electron chi connectivity index (χ2n) is 6.30. The molecule has 5 nitrogen and oxygen atoms in total. The van der Waals surface area contributed by atoms with Crippen molar-refractivity contribution < 1.29 is 4.79 Å². The zero-order chi connectivity index (χ0) is 18.8. The average Bonchev–Trinajstić information content (AvgIpc) is 2.68. The van der Waals surface area contributed by atoms with E-state index in [-0.39, 0.29) is 0 Å². The highest BCUT2D eigenvalue weighted by molar-refractivity contribution is 5.95. The lowest BCUT2D eigenvalue weighted by molar-refractivity contribution is 0.1000. The van der Waals surface area contributed by atoms with Gasteiger partial charge in [-0.25, -0.2) is 9.97 Å². The van der Waals surface area contributed by atoms with E-state index in [1.54, 1.807) is 12.1 Å². The first-order chi connectivity index (χ1) is 13.1. The Labute approximate surface area is 156 Å². The maximum atomic E-state index is 11.4. The number of hydrogen-bond acceptors (Lipinski definition) is 4. The molecule has 4 rings (SSSR count). The monoisotopic (exact) mass is 354 g/mol. The number of amides is 1. The van der Waals surface area contributed by atoms with E-state index in [4.69, 9.17) is 10.7 Å². The number of carbonyl (C=O) groups is 1. The third-order valence-corrected chi connectivity index (χ3v) is 4.40. The van der Waals surface area contributed by atoms with Crippen molar-refractivity contribution in [3.63, 3.8) is 0 Å². The molecule has 3 N–H and O–H groups in total. The number of fused-ring (bicyclic) bond motifs is 1.